The van der Waals surface area contributed by atoms with E-state index in [1.807, 2.05) is 78.9 Å². The molecule has 0 aliphatic heterocycles. The molecule has 0 heterocycles. The molecule has 0 saturated heterocycles. The molecule has 7 heteroatoms. The van der Waals surface area contributed by atoms with E-state index in [2.05, 4.69) is 5.32 Å². The van der Waals surface area contributed by atoms with Gasteiger partial charge in [0.05, 0.1) is 0 Å². The minimum absolute atomic E-state index is 0.0523. The van der Waals surface area contributed by atoms with Gasteiger partial charge in [-0.3, -0.25) is 4.57 Å². The monoisotopic (exact) mass is 481 g/mol. The van der Waals surface area contributed by atoms with E-state index in [0.717, 1.165) is 29.8 Å². The average Bonchev–Trinajstić information content (AvgIpc) is 2.86. The first-order valence-corrected chi connectivity index (χ1v) is 12.2. The van der Waals surface area contributed by atoms with Gasteiger partial charge in [0.1, 0.15) is 36.6 Å². The third-order valence-corrected chi connectivity index (χ3v) is 5.53. The quantitative estimate of drug-likeness (QED) is 0.242. The van der Waals surface area contributed by atoms with Crippen LogP contribution in [0.1, 0.15) is 25.0 Å². The Balaban J connectivity index is 1.30. The SMILES string of the molecule is CC(C)(Oc1ccc(CCNCC(O)COc2ccc(OCc3ccccc3)cc2)cc1)P=O. The van der Waals surface area contributed by atoms with Crippen molar-refractivity contribution in [2.75, 3.05) is 19.7 Å². The normalized spacial score (nSPS) is 12.3. The van der Waals surface area contributed by atoms with Crippen LogP contribution in [0, 0.1) is 0 Å². The zero-order valence-electron chi connectivity index (χ0n) is 19.6. The number of aliphatic hydroxyl groups excluding tert-OH is 1. The molecule has 0 aromatic heterocycles. The topological polar surface area (TPSA) is 77.0 Å². The zero-order chi connectivity index (χ0) is 24.2. The van der Waals surface area contributed by atoms with E-state index in [1.165, 1.54) is 0 Å². The van der Waals surface area contributed by atoms with E-state index in [-0.39, 0.29) is 15.1 Å². The molecule has 1 unspecified atom stereocenters. The molecular weight excluding hydrogens is 449 g/mol. The molecule has 0 amide bonds. The summed E-state index contributed by atoms with van der Waals surface area (Å²) in [5, 5.41) is 12.7. The molecule has 0 fully saturated rings. The summed E-state index contributed by atoms with van der Waals surface area (Å²) in [5.41, 5.74) is 2.27. The standard InChI is InChI=1S/C27H32NO5P/c1-27(2,34-30)33-26-10-8-21(9-11-26)16-17-28-18-23(29)20-32-25-14-12-24(13-15-25)31-19-22-6-4-3-5-7-22/h3-15,23,28-29H,16-20H2,1-2H3. The maximum Gasteiger partial charge on any atom is 0.203 e. The summed E-state index contributed by atoms with van der Waals surface area (Å²) in [6.07, 6.45) is 0.208. The van der Waals surface area contributed by atoms with Crippen LogP contribution >= 0.6 is 8.46 Å². The lowest BCUT2D eigenvalue weighted by atomic mass is 10.1. The number of hydrogen-bond donors (Lipinski definition) is 2. The van der Waals surface area contributed by atoms with Gasteiger partial charge in [0.25, 0.3) is 0 Å². The van der Waals surface area contributed by atoms with Crippen molar-refractivity contribution in [2.24, 2.45) is 0 Å². The van der Waals surface area contributed by atoms with Crippen LogP contribution in [0.4, 0.5) is 0 Å². The Morgan fingerprint density at radius 3 is 2.12 bits per heavy atom. The fourth-order valence-corrected chi connectivity index (χ4v) is 3.30. The Morgan fingerprint density at radius 2 is 1.47 bits per heavy atom. The number of rotatable bonds is 14. The van der Waals surface area contributed by atoms with Gasteiger partial charge in [-0.2, -0.15) is 0 Å². The molecule has 34 heavy (non-hydrogen) atoms. The number of benzene rings is 3. The molecule has 0 radical (unpaired) electrons. The number of nitrogens with one attached hydrogen (secondary N) is 1. The second-order valence-corrected chi connectivity index (χ2v) is 9.71. The van der Waals surface area contributed by atoms with E-state index >= 15 is 0 Å². The maximum absolute atomic E-state index is 11.1. The highest BCUT2D eigenvalue weighted by molar-refractivity contribution is 7.25. The third-order valence-electron chi connectivity index (χ3n) is 5.00. The highest BCUT2D eigenvalue weighted by Crippen LogP contribution is 2.26. The van der Waals surface area contributed by atoms with E-state index in [1.54, 1.807) is 13.8 Å². The molecule has 3 aromatic rings. The Hall–Kier alpha value is -2.92. The fraction of sp³-hybridized carbons (Fsp3) is 0.333. The lowest BCUT2D eigenvalue weighted by molar-refractivity contribution is 0.106. The van der Waals surface area contributed by atoms with Crippen molar-refractivity contribution in [1.29, 1.82) is 0 Å². The van der Waals surface area contributed by atoms with Crippen LogP contribution < -0.4 is 19.5 Å². The molecule has 0 spiro atoms. The lowest BCUT2D eigenvalue weighted by Gasteiger charge is -2.18. The highest BCUT2D eigenvalue weighted by Gasteiger charge is 2.19. The Labute approximate surface area is 203 Å². The summed E-state index contributed by atoms with van der Waals surface area (Å²) >= 11 is 0. The first-order valence-electron chi connectivity index (χ1n) is 11.3. The Bertz CT molecular complexity index is 994. The van der Waals surface area contributed by atoms with E-state index in [0.29, 0.717) is 24.7 Å². The van der Waals surface area contributed by atoms with Crippen LogP contribution in [0.5, 0.6) is 17.2 Å². The first-order chi connectivity index (χ1) is 16.4. The summed E-state index contributed by atoms with van der Waals surface area (Å²) in [6, 6.07) is 25.1. The number of ether oxygens (including phenoxy) is 3. The van der Waals surface area contributed by atoms with Gasteiger partial charge >= 0.3 is 0 Å². The second-order valence-electron chi connectivity index (χ2n) is 8.45. The van der Waals surface area contributed by atoms with Crippen LogP contribution in [-0.4, -0.2) is 36.2 Å². The minimum atomic E-state index is -0.737. The van der Waals surface area contributed by atoms with Gasteiger partial charge in [0, 0.05) is 6.54 Å². The van der Waals surface area contributed by atoms with Gasteiger partial charge in [-0.25, -0.2) is 0 Å². The Kier molecular flexibility index (Phi) is 9.89. The average molecular weight is 482 g/mol. The van der Waals surface area contributed by atoms with Crippen LogP contribution in [-0.2, 0) is 17.6 Å². The smallest absolute Gasteiger partial charge is 0.203 e. The summed E-state index contributed by atoms with van der Waals surface area (Å²) in [7, 11) is -0.0523. The van der Waals surface area contributed by atoms with Gasteiger partial charge in [-0.1, -0.05) is 42.5 Å². The number of aliphatic hydroxyl groups is 1. The minimum Gasteiger partial charge on any atom is -0.491 e. The lowest BCUT2D eigenvalue weighted by Crippen LogP contribution is -2.32. The van der Waals surface area contributed by atoms with Gasteiger partial charge in [0.15, 0.2) is 5.34 Å². The van der Waals surface area contributed by atoms with Gasteiger partial charge < -0.3 is 24.6 Å². The molecule has 1 atom stereocenters. The van der Waals surface area contributed by atoms with Crippen molar-refractivity contribution in [2.45, 2.75) is 38.3 Å². The van der Waals surface area contributed by atoms with Gasteiger partial charge in [-0.05, 0) is 74.3 Å². The van der Waals surface area contributed by atoms with Crippen molar-refractivity contribution >= 4 is 8.46 Å². The maximum atomic E-state index is 11.1. The van der Waals surface area contributed by atoms with Crippen molar-refractivity contribution < 1.29 is 23.9 Å². The van der Waals surface area contributed by atoms with E-state index in [9.17, 15) is 9.67 Å². The van der Waals surface area contributed by atoms with Crippen molar-refractivity contribution in [3.63, 3.8) is 0 Å². The van der Waals surface area contributed by atoms with E-state index in [4.69, 9.17) is 14.2 Å². The molecule has 3 aromatic carbocycles. The summed E-state index contributed by atoms with van der Waals surface area (Å²) < 4.78 is 28.2. The highest BCUT2D eigenvalue weighted by atomic mass is 31.1. The summed E-state index contributed by atoms with van der Waals surface area (Å²) in [6.45, 7) is 5.43. The second kappa shape index (κ2) is 13.1. The zero-order valence-corrected chi connectivity index (χ0v) is 20.5. The molecule has 0 saturated carbocycles. The first kappa shape index (κ1) is 25.7. The molecule has 6 nitrogen and oxygen atoms in total. The predicted octanol–water partition coefficient (Wildman–Crippen LogP) is 5.24. The van der Waals surface area contributed by atoms with Crippen LogP contribution in [0.25, 0.3) is 0 Å². The predicted molar refractivity (Wildman–Crippen MR) is 134 cm³/mol. The van der Waals surface area contributed by atoms with Gasteiger partial charge in [-0.15, -0.1) is 0 Å². The van der Waals surface area contributed by atoms with E-state index < -0.39 is 11.4 Å². The van der Waals surface area contributed by atoms with Crippen LogP contribution in [0.15, 0.2) is 78.9 Å². The fourth-order valence-electron chi connectivity index (χ4n) is 3.16. The number of hydrogen-bond acceptors (Lipinski definition) is 6. The molecule has 2 N–H and O–H groups in total. The summed E-state index contributed by atoms with van der Waals surface area (Å²) in [4.78, 5) is 0. The largest absolute Gasteiger partial charge is 0.491 e. The van der Waals surface area contributed by atoms with Crippen molar-refractivity contribution in [3.8, 4) is 17.2 Å². The molecule has 180 valence electrons. The van der Waals surface area contributed by atoms with Crippen LogP contribution in [0.3, 0.4) is 0 Å². The molecular formula is C27H32NO5P. The molecule has 0 aliphatic rings. The molecule has 0 aliphatic carbocycles. The van der Waals surface area contributed by atoms with Crippen LogP contribution in [0.2, 0.25) is 0 Å². The molecule has 0 bridgehead atoms. The van der Waals surface area contributed by atoms with Crippen molar-refractivity contribution in [3.05, 3.63) is 90.0 Å². The Morgan fingerprint density at radius 1 is 0.853 bits per heavy atom. The summed E-state index contributed by atoms with van der Waals surface area (Å²) in [5.74, 6) is 2.15. The third kappa shape index (κ3) is 9.14. The van der Waals surface area contributed by atoms with Crippen molar-refractivity contribution in [1.82, 2.24) is 5.32 Å². The molecule has 3 rings (SSSR count). The van der Waals surface area contributed by atoms with Gasteiger partial charge in [0.2, 0.25) is 8.46 Å².